The van der Waals surface area contributed by atoms with Crippen LogP contribution in [-0.4, -0.2) is 26.2 Å². The van der Waals surface area contributed by atoms with Gasteiger partial charge in [0.2, 0.25) is 5.82 Å². The average molecular weight is 278 g/mol. The minimum absolute atomic E-state index is 0.0908. The zero-order valence-electron chi connectivity index (χ0n) is 11.1. The highest BCUT2D eigenvalue weighted by molar-refractivity contribution is 5.47. The van der Waals surface area contributed by atoms with Crippen LogP contribution in [0.2, 0.25) is 0 Å². The Morgan fingerprint density at radius 1 is 1.16 bits per heavy atom. The van der Waals surface area contributed by atoms with Crippen molar-refractivity contribution in [2.45, 2.75) is 45.0 Å². The molecule has 1 rings (SSSR count). The molecule has 0 aliphatic carbocycles. The van der Waals surface area contributed by atoms with E-state index >= 15 is 0 Å². The number of aliphatic hydroxyl groups is 1. The van der Waals surface area contributed by atoms with Gasteiger partial charge in [-0.05, 0) is 27.7 Å². The van der Waals surface area contributed by atoms with E-state index in [0.29, 0.717) is 0 Å². The molecular formula is C11H17F3N4O. The summed E-state index contributed by atoms with van der Waals surface area (Å²) in [6.07, 6.45) is -4.68. The minimum Gasteiger partial charge on any atom is -0.388 e. The van der Waals surface area contributed by atoms with Gasteiger partial charge in [0, 0.05) is 6.07 Å². The second-order valence-electron chi connectivity index (χ2n) is 5.31. The monoisotopic (exact) mass is 278 g/mol. The molecule has 0 fully saturated rings. The molecule has 0 saturated carbocycles. The number of hydrogen-bond donors (Lipinski definition) is 3. The Kier molecular flexibility index (Phi) is 3.68. The van der Waals surface area contributed by atoms with Crippen LogP contribution in [0.5, 0.6) is 0 Å². The number of anilines is 2. The molecule has 108 valence electrons. The molecule has 0 bridgehead atoms. The van der Waals surface area contributed by atoms with Gasteiger partial charge in [-0.3, -0.25) is 0 Å². The maximum absolute atomic E-state index is 12.6. The quantitative estimate of drug-likeness (QED) is 0.788. The molecule has 0 aromatic carbocycles. The van der Waals surface area contributed by atoms with Crippen molar-refractivity contribution in [1.82, 2.24) is 9.97 Å². The lowest BCUT2D eigenvalue weighted by molar-refractivity contribution is -0.144. The van der Waals surface area contributed by atoms with Crippen LogP contribution in [0.1, 0.15) is 33.5 Å². The Hall–Kier alpha value is -1.57. The summed E-state index contributed by atoms with van der Waals surface area (Å²) >= 11 is 0. The summed E-state index contributed by atoms with van der Waals surface area (Å²) in [5, 5.41) is 12.7. The van der Waals surface area contributed by atoms with Gasteiger partial charge in [-0.1, -0.05) is 0 Å². The van der Waals surface area contributed by atoms with Crippen LogP contribution < -0.4 is 11.1 Å². The molecule has 0 spiro atoms. The minimum atomic E-state index is -4.68. The van der Waals surface area contributed by atoms with Gasteiger partial charge in [0.25, 0.3) is 0 Å². The van der Waals surface area contributed by atoms with Crippen molar-refractivity contribution in [3.8, 4) is 0 Å². The van der Waals surface area contributed by atoms with E-state index in [1.54, 1.807) is 13.8 Å². The molecule has 0 aliphatic rings. The number of halogens is 3. The van der Waals surface area contributed by atoms with Gasteiger partial charge in [0.1, 0.15) is 11.6 Å². The van der Waals surface area contributed by atoms with E-state index in [-0.39, 0.29) is 11.6 Å². The van der Waals surface area contributed by atoms with Crippen LogP contribution in [0.4, 0.5) is 24.8 Å². The summed E-state index contributed by atoms with van der Waals surface area (Å²) in [5.74, 6) is -1.70. The van der Waals surface area contributed by atoms with Crippen molar-refractivity contribution in [3.63, 3.8) is 0 Å². The highest BCUT2D eigenvalue weighted by atomic mass is 19.4. The molecule has 8 heteroatoms. The lowest BCUT2D eigenvalue weighted by atomic mass is 9.86. The summed E-state index contributed by atoms with van der Waals surface area (Å²) in [6.45, 7) is 6.35. The van der Waals surface area contributed by atoms with E-state index in [1.165, 1.54) is 19.9 Å². The first-order valence-corrected chi connectivity index (χ1v) is 5.55. The van der Waals surface area contributed by atoms with Gasteiger partial charge in [-0.25, -0.2) is 9.97 Å². The average Bonchev–Trinajstić information content (AvgIpc) is 2.12. The fourth-order valence-corrected chi connectivity index (χ4v) is 1.13. The predicted molar refractivity (Wildman–Crippen MR) is 65.4 cm³/mol. The molecule has 0 radical (unpaired) electrons. The number of aromatic nitrogens is 2. The Labute approximate surface area is 109 Å². The first kappa shape index (κ1) is 15.5. The summed E-state index contributed by atoms with van der Waals surface area (Å²) in [7, 11) is 0. The normalized spacial score (nSPS) is 13.5. The second-order valence-corrected chi connectivity index (χ2v) is 5.31. The zero-order chi connectivity index (χ0) is 15.1. The van der Waals surface area contributed by atoms with Gasteiger partial charge >= 0.3 is 6.18 Å². The van der Waals surface area contributed by atoms with E-state index in [4.69, 9.17) is 5.73 Å². The number of alkyl halides is 3. The molecule has 1 heterocycles. The molecule has 5 nitrogen and oxygen atoms in total. The summed E-state index contributed by atoms with van der Waals surface area (Å²) in [5.41, 5.74) is 3.25. The van der Waals surface area contributed by atoms with Crippen molar-refractivity contribution in [1.29, 1.82) is 0 Å². The van der Waals surface area contributed by atoms with Gasteiger partial charge in [-0.2, -0.15) is 13.2 Å². The van der Waals surface area contributed by atoms with Crippen molar-refractivity contribution in [2.75, 3.05) is 11.1 Å². The van der Waals surface area contributed by atoms with Gasteiger partial charge in [-0.15, -0.1) is 0 Å². The highest BCUT2D eigenvalue weighted by Gasteiger charge is 2.38. The molecule has 19 heavy (non-hydrogen) atoms. The summed E-state index contributed by atoms with van der Waals surface area (Å²) in [6, 6.07) is 1.18. The van der Waals surface area contributed by atoms with Crippen LogP contribution in [-0.2, 0) is 6.18 Å². The third-order valence-electron chi connectivity index (χ3n) is 2.97. The van der Waals surface area contributed by atoms with Gasteiger partial charge in [0.05, 0.1) is 11.1 Å². The Balaban J connectivity index is 3.13. The van der Waals surface area contributed by atoms with E-state index in [1.807, 2.05) is 0 Å². The van der Waals surface area contributed by atoms with Crippen LogP contribution in [0.15, 0.2) is 6.07 Å². The molecular weight excluding hydrogens is 261 g/mol. The van der Waals surface area contributed by atoms with Crippen LogP contribution in [0.3, 0.4) is 0 Å². The Morgan fingerprint density at radius 3 is 2.11 bits per heavy atom. The third kappa shape index (κ3) is 3.69. The molecule has 4 N–H and O–H groups in total. The molecule has 1 aromatic rings. The van der Waals surface area contributed by atoms with E-state index in [9.17, 15) is 18.3 Å². The largest absolute Gasteiger partial charge is 0.451 e. The van der Waals surface area contributed by atoms with E-state index in [2.05, 4.69) is 15.3 Å². The molecule has 0 amide bonds. The number of nitrogens with zero attached hydrogens (tertiary/aromatic N) is 2. The van der Waals surface area contributed by atoms with Crippen LogP contribution in [0.25, 0.3) is 0 Å². The van der Waals surface area contributed by atoms with E-state index in [0.717, 1.165) is 0 Å². The second kappa shape index (κ2) is 4.52. The lowest BCUT2D eigenvalue weighted by Gasteiger charge is -2.38. The van der Waals surface area contributed by atoms with Crippen molar-refractivity contribution < 1.29 is 18.3 Å². The molecule has 0 unspecified atom stereocenters. The van der Waals surface area contributed by atoms with Crippen molar-refractivity contribution in [3.05, 3.63) is 11.9 Å². The highest BCUT2D eigenvalue weighted by Crippen LogP contribution is 2.30. The van der Waals surface area contributed by atoms with E-state index < -0.39 is 23.1 Å². The topological polar surface area (TPSA) is 84.1 Å². The predicted octanol–water partition coefficient (Wildman–Crippen LogP) is 2.04. The van der Waals surface area contributed by atoms with Gasteiger partial charge in [0.15, 0.2) is 0 Å². The third-order valence-corrected chi connectivity index (χ3v) is 2.97. The lowest BCUT2D eigenvalue weighted by Crippen LogP contribution is -2.51. The number of nitrogens with two attached hydrogens (primary N) is 1. The number of rotatable bonds is 3. The first-order chi connectivity index (χ1) is 8.33. The maximum Gasteiger partial charge on any atom is 0.451 e. The summed E-state index contributed by atoms with van der Waals surface area (Å²) < 4.78 is 37.7. The summed E-state index contributed by atoms with van der Waals surface area (Å²) in [4.78, 5) is 6.50. The molecule has 0 atom stereocenters. The van der Waals surface area contributed by atoms with Crippen LogP contribution >= 0.6 is 0 Å². The smallest absolute Gasteiger partial charge is 0.388 e. The Bertz CT molecular complexity index is 466. The standard InChI is InChI=1S/C11H17F3N4O/c1-9(2,10(3,4)19)18-7-5-6(15)16-8(17-7)11(12,13)14/h5,19H,1-4H3,(H3,15,16,17,18). The first-order valence-electron chi connectivity index (χ1n) is 5.55. The van der Waals surface area contributed by atoms with Crippen LogP contribution in [0, 0.1) is 0 Å². The number of nitrogen functional groups attached to an aromatic ring is 1. The van der Waals surface area contributed by atoms with Gasteiger partial charge < -0.3 is 16.2 Å². The maximum atomic E-state index is 12.6. The SMILES string of the molecule is CC(C)(O)C(C)(C)Nc1cc(N)nc(C(F)(F)F)n1. The molecule has 1 aromatic heterocycles. The number of nitrogens with one attached hydrogen (secondary N) is 1. The zero-order valence-corrected chi connectivity index (χ0v) is 11.1. The Morgan fingerprint density at radius 2 is 1.68 bits per heavy atom. The molecule has 0 aliphatic heterocycles. The van der Waals surface area contributed by atoms with Crippen molar-refractivity contribution in [2.24, 2.45) is 0 Å². The number of hydrogen-bond acceptors (Lipinski definition) is 5. The van der Waals surface area contributed by atoms with Crippen molar-refractivity contribution >= 4 is 11.6 Å². The fourth-order valence-electron chi connectivity index (χ4n) is 1.13. The fraction of sp³-hybridized carbons (Fsp3) is 0.636. The molecule has 0 saturated heterocycles.